The molecule has 1 rings (SSSR count). The Labute approximate surface area is 107 Å². The minimum atomic E-state index is 0.648. The van der Waals surface area contributed by atoms with Crippen molar-refractivity contribution in [3.05, 3.63) is 12.2 Å². The number of piperidine rings is 1. The average Bonchev–Trinajstić information content (AvgIpc) is 2.32. The molecule has 1 aliphatic heterocycles. The second-order valence-electron chi connectivity index (χ2n) is 5.26. The maximum absolute atomic E-state index is 4.01. The molecule has 0 aromatic heterocycles. The van der Waals surface area contributed by atoms with E-state index in [1.165, 1.54) is 50.8 Å². The molecule has 0 bridgehead atoms. The Morgan fingerprint density at radius 3 is 2.53 bits per heavy atom. The van der Waals surface area contributed by atoms with E-state index < -0.39 is 0 Å². The molecular weight excluding hydrogens is 206 g/mol. The molecule has 17 heavy (non-hydrogen) atoms. The molecular formula is C16H27N. The first-order valence-electron chi connectivity index (χ1n) is 6.98. The van der Waals surface area contributed by atoms with Crippen molar-refractivity contribution < 1.29 is 0 Å². The fraction of sp³-hybridized carbons (Fsp3) is 0.750. The number of hydrogen-bond acceptors (Lipinski definition) is 1. The normalized spacial score (nSPS) is 19.5. The Morgan fingerprint density at radius 2 is 2.06 bits per heavy atom. The van der Waals surface area contributed by atoms with Crippen LogP contribution in [-0.4, -0.2) is 24.0 Å². The molecule has 1 atom stereocenters. The van der Waals surface area contributed by atoms with Gasteiger partial charge in [0.2, 0.25) is 0 Å². The zero-order valence-corrected chi connectivity index (χ0v) is 11.8. The number of allylic oxidation sites excluding steroid dienone is 1. The van der Waals surface area contributed by atoms with Gasteiger partial charge in [-0.1, -0.05) is 12.5 Å². The van der Waals surface area contributed by atoms with Crippen molar-refractivity contribution in [1.82, 2.24) is 4.90 Å². The summed E-state index contributed by atoms with van der Waals surface area (Å²) in [5.41, 5.74) is 1.31. The number of likely N-dealkylation sites (tertiary alicyclic amines) is 1. The van der Waals surface area contributed by atoms with E-state index >= 15 is 0 Å². The van der Waals surface area contributed by atoms with Crippen molar-refractivity contribution in [3.8, 4) is 11.8 Å². The summed E-state index contributed by atoms with van der Waals surface area (Å²) in [7, 11) is 0. The fourth-order valence-electron chi connectivity index (χ4n) is 2.67. The molecule has 0 N–H and O–H groups in total. The van der Waals surface area contributed by atoms with E-state index in [1.807, 2.05) is 6.92 Å². The average molecular weight is 233 g/mol. The summed E-state index contributed by atoms with van der Waals surface area (Å²) in [6, 6.07) is 0.752. The molecule has 1 saturated heterocycles. The zero-order valence-electron chi connectivity index (χ0n) is 11.8. The quantitative estimate of drug-likeness (QED) is 0.515. The second kappa shape index (κ2) is 7.56. The summed E-state index contributed by atoms with van der Waals surface area (Å²) in [5, 5.41) is 0. The molecule has 1 fully saturated rings. The van der Waals surface area contributed by atoms with E-state index in [4.69, 9.17) is 0 Å². The molecule has 0 spiro atoms. The lowest BCUT2D eigenvalue weighted by Gasteiger charge is -2.36. The SMILES string of the molecule is C=C(C)CCC(CC)N1CCC(C#CC)CC1. The Kier molecular flexibility index (Phi) is 6.37. The van der Waals surface area contributed by atoms with E-state index in [2.05, 4.69) is 37.2 Å². The highest BCUT2D eigenvalue weighted by atomic mass is 15.2. The highest BCUT2D eigenvalue weighted by molar-refractivity contribution is 5.02. The Balaban J connectivity index is 2.38. The van der Waals surface area contributed by atoms with Crippen LogP contribution in [0.25, 0.3) is 0 Å². The van der Waals surface area contributed by atoms with Gasteiger partial charge in [0.05, 0.1) is 0 Å². The lowest BCUT2D eigenvalue weighted by molar-refractivity contribution is 0.137. The monoisotopic (exact) mass is 233 g/mol. The summed E-state index contributed by atoms with van der Waals surface area (Å²) >= 11 is 0. The third kappa shape index (κ3) is 4.96. The van der Waals surface area contributed by atoms with Crippen LogP contribution in [0.15, 0.2) is 12.2 Å². The molecule has 0 aromatic rings. The van der Waals surface area contributed by atoms with Gasteiger partial charge in [0, 0.05) is 12.0 Å². The van der Waals surface area contributed by atoms with Crippen molar-refractivity contribution in [2.24, 2.45) is 5.92 Å². The first-order chi connectivity index (χ1) is 8.17. The van der Waals surface area contributed by atoms with Crippen LogP contribution in [0.2, 0.25) is 0 Å². The molecule has 1 unspecified atom stereocenters. The third-order valence-corrected chi connectivity index (χ3v) is 3.77. The first-order valence-corrected chi connectivity index (χ1v) is 6.98. The van der Waals surface area contributed by atoms with Crippen LogP contribution < -0.4 is 0 Å². The minimum Gasteiger partial charge on any atom is -0.300 e. The summed E-state index contributed by atoms with van der Waals surface area (Å²) in [4.78, 5) is 2.66. The van der Waals surface area contributed by atoms with E-state index in [0.717, 1.165) is 6.04 Å². The standard InChI is InChI=1S/C16H27N/c1-5-7-15-10-12-17(13-11-15)16(6-2)9-8-14(3)4/h15-16H,3,6,8-13H2,1-2,4H3. The highest BCUT2D eigenvalue weighted by Crippen LogP contribution is 2.22. The van der Waals surface area contributed by atoms with Gasteiger partial charge < -0.3 is 4.90 Å². The van der Waals surface area contributed by atoms with E-state index in [0.29, 0.717) is 5.92 Å². The lowest BCUT2D eigenvalue weighted by atomic mass is 9.94. The lowest BCUT2D eigenvalue weighted by Crippen LogP contribution is -2.41. The predicted octanol–water partition coefficient (Wildman–Crippen LogP) is 3.86. The van der Waals surface area contributed by atoms with E-state index in [9.17, 15) is 0 Å². The molecule has 96 valence electrons. The van der Waals surface area contributed by atoms with Crippen molar-refractivity contribution in [2.75, 3.05) is 13.1 Å². The molecule has 0 aliphatic carbocycles. The van der Waals surface area contributed by atoms with Crippen molar-refractivity contribution >= 4 is 0 Å². The van der Waals surface area contributed by atoms with Crippen LogP contribution >= 0.6 is 0 Å². The minimum absolute atomic E-state index is 0.648. The highest BCUT2D eigenvalue weighted by Gasteiger charge is 2.22. The van der Waals surface area contributed by atoms with Gasteiger partial charge in [-0.15, -0.1) is 18.4 Å². The summed E-state index contributed by atoms with van der Waals surface area (Å²) in [6.45, 7) is 12.9. The van der Waals surface area contributed by atoms with Crippen LogP contribution in [-0.2, 0) is 0 Å². The summed E-state index contributed by atoms with van der Waals surface area (Å²) in [6.07, 6.45) is 6.22. The van der Waals surface area contributed by atoms with Gasteiger partial charge in [-0.25, -0.2) is 0 Å². The van der Waals surface area contributed by atoms with Crippen LogP contribution in [0, 0.1) is 17.8 Å². The third-order valence-electron chi connectivity index (χ3n) is 3.77. The number of rotatable bonds is 5. The van der Waals surface area contributed by atoms with Gasteiger partial charge >= 0.3 is 0 Å². The maximum atomic E-state index is 4.01. The van der Waals surface area contributed by atoms with Crippen LogP contribution in [0.3, 0.4) is 0 Å². The zero-order chi connectivity index (χ0) is 12.7. The van der Waals surface area contributed by atoms with Crippen LogP contribution in [0.4, 0.5) is 0 Å². The molecule has 1 heterocycles. The summed E-state index contributed by atoms with van der Waals surface area (Å²) < 4.78 is 0. The van der Waals surface area contributed by atoms with Crippen molar-refractivity contribution in [1.29, 1.82) is 0 Å². The van der Waals surface area contributed by atoms with E-state index in [1.54, 1.807) is 0 Å². The Bertz CT molecular complexity index is 286. The predicted molar refractivity (Wildman–Crippen MR) is 75.9 cm³/mol. The van der Waals surface area contributed by atoms with Crippen LogP contribution in [0.5, 0.6) is 0 Å². The van der Waals surface area contributed by atoms with Gasteiger partial charge in [0.15, 0.2) is 0 Å². The van der Waals surface area contributed by atoms with Crippen molar-refractivity contribution in [3.63, 3.8) is 0 Å². The fourth-order valence-corrected chi connectivity index (χ4v) is 2.67. The van der Waals surface area contributed by atoms with Crippen LogP contribution in [0.1, 0.15) is 52.9 Å². The molecule has 1 heteroatoms. The number of nitrogens with zero attached hydrogens (tertiary/aromatic N) is 1. The topological polar surface area (TPSA) is 3.24 Å². The smallest absolute Gasteiger partial charge is 0.0227 e. The maximum Gasteiger partial charge on any atom is 0.0227 e. The molecule has 1 aliphatic rings. The van der Waals surface area contributed by atoms with E-state index in [-0.39, 0.29) is 0 Å². The molecule has 0 amide bonds. The second-order valence-corrected chi connectivity index (χ2v) is 5.26. The molecule has 0 saturated carbocycles. The van der Waals surface area contributed by atoms with Gasteiger partial charge in [-0.05, 0) is 59.0 Å². The Morgan fingerprint density at radius 1 is 1.41 bits per heavy atom. The van der Waals surface area contributed by atoms with Gasteiger partial charge in [0.25, 0.3) is 0 Å². The van der Waals surface area contributed by atoms with Gasteiger partial charge in [-0.3, -0.25) is 0 Å². The molecule has 1 nitrogen and oxygen atoms in total. The van der Waals surface area contributed by atoms with Gasteiger partial charge in [0.1, 0.15) is 0 Å². The number of hydrogen-bond donors (Lipinski definition) is 0. The first kappa shape index (κ1) is 14.3. The molecule has 0 radical (unpaired) electrons. The molecule has 0 aromatic carbocycles. The largest absolute Gasteiger partial charge is 0.300 e. The Hall–Kier alpha value is -0.740. The van der Waals surface area contributed by atoms with Gasteiger partial charge in [-0.2, -0.15) is 0 Å². The summed E-state index contributed by atoms with van der Waals surface area (Å²) in [5.74, 6) is 7.02. The van der Waals surface area contributed by atoms with Crippen molar-refractivity contribution in [2.45, 2.75) is 58.9 Å².